The average molecular weight is 857 g/mol. The van der Waals surface area contributed by atoms with E-state index in [1.807, 2.05) is 0 Å². The summed E-state index contributed by atoms with van der Waals surface area (Å²) in [6.07, 6.45) is -9.10. The molecule has 340 valence electrons. The van der Waals surface area contributed by atoms with Crippen LogP contribution < -0.4 is 0 Å². The summed E-state index contributed by atoms with van der Waals surface area (Å²) in [6.45, 7) is 2.80. The number of aliphatic hydroxyl groups excluding tert-OH is 7. The van der Waals surface area contributed by atoms with Gasteiger partial charge in [-0.3, -0.25) is 0 Å². The zero-order chi connectivity index (χ0) is 42.9. The summed E-state index contributed by atoms with van der Waals surface area (Å²) in [5, 5.41) is 85.3. The van der Waals surface area contributed by atoms with E-state index in [4.69, 9.17) is 37.9 Å². The lowest BCUT2D eigenvalue weighted by molar-refractivity contribution is -0.373. The van der Waals surface area contributed by atoms with E-state index in [0.717, 1.165) is 37.7 Å². The van der Waals surface area contributed by atoms with Crippen LogP contribution in [-0.4, -0.2) is 178 Å². The molecular formula is C42H64O18. The fourth-order valence-electron chi connectivity index (χ4n) is 13.0. The molecule has 4 aliphatic carbocycles. The molecule has 0 radical (unpaired) electrons. The second kappa shape index (κ2) is 17.3. The van der Waals surface area contributed by atoms with Crippen molar-refractivity contribution < 1.29 is 88.3 Å². The fourth-order valence-corrected chi connectivity index (χ4v) is 13.0. The molecule has 8 rings (SSSR count). The van der Waals surface area contributed by atoms with E-state index in [1.54, 1.807) is 13.0 Å². The van der Waals surface area contributed by atoms with Gasteiger partial charge in [0.2, 0.25) is 0 Å². The van der Waals surface area contributed by atoms with Gasteiger partial charge in [-0.2, -0.15) is 0 Å². The molecule has 0 spiro atoms. The van der Waals surface area contributed by atoms with Crippen molar-refractivity contribution in [3.63, 3.8) is 0 Å². The lowest BCUT2D eigenvalue weighted by Crippen LogP contribution is -2.65. The maximum Gasteiger partial charge on any atom is 0.331 e. The molecule has 0 amide bonds. The molecule has 4 saturated carbocycles. The molecule has 60 heavy (non-hydrogen) atoms. The standard InChI is InChI=1S/C42H64O18/c1-19-36(59-39-35(51)33(49)37(28(16-44)58-39)60-38-34(50)32(48)31(47)27(15-43)57-38)26(53-3)14-30(55-19)56-22-6-10-41(18-45)21(13-22)4-5-25-24(41)7-9-40(2)23(8-11-42(25,40)52)20-12-29(46)54-17-20/h12,18-19,21-28,30-39,43-44,47-52H,4-11,13-17H2,1-3H3/t19-,21-,22+,23-,24+,25-,26+,27-,28-,30+,31-,32+,33-,34-,35-,36-,37-,38+,39+,40-,41-,42+/m1/s1. The van der Waals surface area contributed by atoms with E-state index in [9.17, 15) is 50.4 Å². The maximum absolute atomic E-state index is 13.3. The number of carbonyl (C=O) groups is 2. The molecule has 4 heterocycles. The third kappa shape index (κ3) is 7.42. The predicted molar refractivity (Wildman–Crippen MR) is 202 cm³/mol. The molecule has 0 aromatic heterocycles. The Bertz CT molecular complexity index is 1580. The second-order valence-corrected chi connectivity index (χ2v) is 18.9. The molecule has 7 fully saturated rings. The maximum atomic E-state index is 13.3. The number of cyclic esters (lactones) is 1. The lowest BCUT2D eigenvalue weighted by atomic mass is 9.43. The van der Waals surface area contributed by atoms with Gasteiger partial charge in [0.15, 0.2) is 18.9 Å². The van der Waals surface area contributed by atoms with Gasteiger partial charge in [-0.1, -0.05) is 6.92 Å². The highest BCUT2D eigenvalue weighted by molar-refractivity contribution is 5.85. The van der Waals surface area contributed by atoms with Crippen LogP contribution in [0.25, 0.3) is 0 Å². The zero-order valence-electron chi connectivity index (χ0n) is 34.5. The van der Waals surface area contributed by atoms with Gasteiger partial charge in [-0.15, -0.1) is 0 Å². The van der Waals surface area contributed by atoms with Gasteiger partial charge in [0.05, 0.1) is 37.1 Å². The Morgan fingerprint density at radius 1 is 0.783 bits per heavy atom. The van der Waals surface area contributed by atoms with Crippen LogP contribution in [0.5, 0.6) is 0 Å². The summed E-state index contributed by atoms with van der Waals surface area (Å²) in [7, 11) is 1.51. The van der Waals surface area contributed by atoms with E-state index in [2.05, 4.69) is 6.92 Å². The second-order valence-electron chi connectivity index (χ2n) is 18.9. The van der Waals surface area contributed by atoms with Crippen molar-refractivity contribution >= 4 is 12.3 Å². The quantitative estimate of drug-likeness (QED) is 0.0701. The number of ether oxygens (including phenoxy) is 8. The Labute approximate surface area is 349 Å². The topological polar surface area (TPSA) is 270 Å². The molecular weight excluding hydrogens is 792 g/mol. The first kappa shape index (κ1) is 44.9. The highest BCUT2D eigenvalue weighted by atomic mass is 16.8. The summed E-state index contributed by atoms with van der Waals surface area (Å²) in [4.78, 5) is 25.2. The van der Waals surface area contributed by atoms with Crippen molar-refractivity contribution in [2.75, 3.05) is 26.9 Å². The highest BCUT2D eigenvalue weighted by Gasteiger charge is 2.69. The Hall–Kier alpha value is -1.72. The van der Waals surface area contributed by atoms with Crippen LogP contribution in [0.4, 0.5) is 0 Å². The van der Waals surface area contributed by atoms with Crippen molar-refractivity contribution in [1.82, 2.24) is 0 Å². The predicted octanol–water partition coefficient (Wildman–Crippen LogP) is -1.03. The summed E-state index contributed by atoms with van der Waals surface area (Å²) in [6, 6.07) is 0. The van der Waals surface area contributed by atoms with Crippen molar-refractivity contribution in [1.29, 1.82) is 0 Å². The molecule has 3 saturated heterocycles. The van der Waals surface area contributed by atoms with E-state index >= 15 is 0 Å². The van der Waals surface area contributed by atoms with Gasteiger partial charge < -0.3 is 83.5 Å². The summed E-state index contributed by atoms with van der Waals surface area (Å²) >= 11 is 0. The van der Waals surface area contributed by atoms with Crippen LogP contribution in [0.2, 0.25) is 0 Å². The van der Waals surface area contributed by atoms with Gasteiger partial charge in [0.25, 0.3) is 0 Å². The van der Waals surface area contributed by atoms with Crippen LogP contribution in [0.15, 0.2) is 11.6 Å². The van der Waals surface area contributed by atoms with Crippen molar-refractivity contribution in [2.45, 2.75) is 176 Å². The van der Waals surface area contributed by atoms with E-state index < -0.39 is 116 Å². The first-order chi connectivity index (χ1) is 28.6. The third-order valence-electron chi connectivity index (χ3n) is 16.2. The normalized spacial score (nSPS) is 53.1. The van der Waals surface area contributed by atoms with Gasteiger partial charge in [-0.05, 0) is 94.0 Å². The number of aldehydes is 1. The number of aliphatic hydroxyl groups is 8. The van der Waals surface area contributed by atoms with Crippen LogP contribution in [0, 0.1) is 34.5 Å². The summed E-state index contributed by atoms with van der Waals surface area (Å²) < 4.78 is 47.1. The number of rotatable bonds is 11. The Morgan fingerprint density at radius 3 is 2.15 bits per heavy atom. The van der Waals surface area contributed by atoms with Crippen LogP contribution in [0.1, 0.15) is 78.1 Å². The van der Waals surface area contributed by atoms with Gasteiger partial charge in [-0.25, -0.2) is 4.79 Å². The number of hydrogen-bond acceptors (Lipinski definition) is 18. The molecule has 18 nitrogen and oxygen atoms in total. The molecule has 0 bridgehead atoms. The first-order valence-corrected chi connectivity index (χ1v) is 21.8. The summed E-state index contributed by atoms with van der Waals surface area (Å²) in [5.41, 5.74) is -0.906. The van der Waals surface area contributed by atoms with Crippen molar-refractivity contribution in [3.05, 3.63) is 11.6 Å². The molecule has 8 aliphatic rings. The van der Waals surface area contributed by atoms with Crippen LogP contribution in [-0.2, 0) is 47.5 Å². The average Bonchev–Trinajstić information content (AvgIpc) is 3.79. The minimum Gasteiger partial charge on any atom is -0.458 e. The minimum absolute atomic E-state index is 0.0120. The van der Waals surface area contributed by atoms with Gasteiger partial charge in [0, 0.05) is 30.4 Å². The van der Waals surface area contributed by atoms with Crippen molar-refractivity contribution in [3.8, 4) is 0 Å². The largest absolute Gasteiger partial charge is 0.458 e. The van der Waals surface area contributed by atoms with Crippen LogP contribution in [0.3, 0.4) is 0 Å². The number of carbonyl (C=O) groups excluding carboxylic acids is 2. The molecule has 8 N–H and O–H groups in total. The molecule has 0 aromatic rings. The molecule has 4 aliphatic heterocycles. The highest BCUT2D eigenvalue weighted by Crippen LogP contribution is 2.69. The van der Waals surface area contributed by atoms with E-state index in [-0.39, 0.29) is 48.8 Å². The molecule has 0 aromatic carbocycles. The van der Waals surface area contributed by atoms with Gasteiger partial charge >= 0.3 is 5.97 Å². The van der Waals surface area contributed by atoms with E-state index in [1.165, 1.54) is 13.4 Å². The molecule has 0 unspecified atom stereocenters. The number of fused-ring (bicyclic) bond motifs is 5. The Morgan fingerprint density at radius 2 is 1.48 bits per heavy atom. The zero-order valence-corrected chi connectivity index (χ0v) is 34.5. The Kier molecular flexibility index (Phi) is 13.0. The number of esters is 1. The number of hydrogen-bond donors (Lipinski definition) is 8. The minimum atomic E-state index is -1.79. The van der Waals surface area contributed by atoms with Crippen LogP contribution >= 0.6 is 0 Å². The monoisotopic (exact) mass is 856 g/mol. The SMILES string of the molecule is CO[C@H]1C[C@H](O[C@H]2CC[C@@]3(C=O)[C@H](CC[C@@H]4[C@@H]3CC[C@]3(C)[C@@H](C5=CC(=O)OC5)CC[C@]43O)C2)O[C@H](C)[C@H]1O[C@@H]1O[C@H](CO)[C@@H](O[C@@H]2O[C@H](CO)[C@@H](O)[C@H](O)[C@H]2O)[C@H](O)[C@H]1O. The third-order valence-corrected chi connectivity index (χ3v) is 16.2. The smallest absolute Gasteiger partial charge is 0.331 e. The fraction of sp³-hybridized carbons (Fsp3) is 0.905. The molecule has 22 atom stereocenters. The van der Waals surface area contributed by atoms with Gasteiger partial charge in [0.1, 0.15) is 67.8 Å². The lowest BCUT2D eigenvalue weighted by Gasteiger charge is -2.63. The molecule has 18 heteroatoms. The van der Waals surface area contributed by atoms with E-state index in [0.29, 0.717) is 25.7 Å². The van der Waals surface area contributed by atoms with Crippen molar-refractivity contribution in [2.24, 2.45) is 34.5 Å². The Balaban J connectivity index is 0.874. The number of methoxy groups -OCH3 is 1. The first-order valence-electron chi connectivity index (χ1n) is 21.8. The summed E-state index contributed by atoms with van der Waals surface area (Å²) in [5.74, 6) is -0.110.